The van der Waals surface area contributed by atoms with Gasteiger partial charge < -0.3 is 9.64 Å². The van der Waals surface area contributed by atoms with Crippen LogP contribution in [0, 0.1) is 0 Å². The summed E-state index contributed by atoms with van der Waals surface area (Å²) in [5.74, 6) is 1.94. The number of nitrogens with one attached hydrogen (secondary N) is 1. The number of nitrogens with zero attached hydrogens (tertiary/aromatic N) is 5. The number of H-pyrrole nitrogens is 1. The Bertz CT molecular complexity index is 839. The van der Waals surface area contributed by atoms with Crippen molar-refractivity contribution in [2.45, 2.75) is 45.1 Å². The highest BCUT2D eigenvalue weighted by Crippen LogP contribution is 2.27. The lowest BCUT2D eigenvalue weighted by Crippen LogP contribution is -2.39. The van der Waals surface area contributed by atoms with E-state index in [1.807, 2.05) is 12.4 Å². The van der Waals surface area contributed by atoms with Gasteiger partial charge >= 0.3 is 0 Å². The van der Waals surface area contributed by atoms with Crippen LogP contribution in [0.3, 0.4) is 0 Å². The van der Waals surface area contributed by atoms with E-state index in [1.165, 1.54) is 0 Å². The first-order valence-corrected chi connectivity index (χ1v) is 10.7. The molecule has 0 spiro atoms. The molecule has 4 rings (SSSR count). The second-order valence-corrected chi connectivity index (χ2v) is 7.90. The largest absolute Gasteiger partial charge is 0.378 e. The molecule has 1 N–H and O–H groups in total. The van der Waals surface area contributed by atoms with Crippen molar-refractivity contribution in [3.05, 3.63) is 45.9 Å². The minimum absolute atomic E-state index is 0.0664. The lowest BCUT2D eigenvalue weighted by Gasteiger charge is -2.32. The molecule has 2 aromatic heterocycles. The van der Waals surface area contributed by atoms with Crippen molar-refractivity contribution in [3.8, 4) is 0 Å². The zero-order valence-electron chi connectivity index (χ0n) is 17.1. The van der Waals surface area contributed by atoms with Crippen molar-refractivity contribution >= 4 is 5.95 Å². The molecule has 8 heteroatoms. The lowest BCUT2D eigenvalue weighted by atomic mass is 9.93. The second kappa shape index (κ2) is 9.45. The molecule has 0 aromatic carbocycles. The number of rotatable bonds is 6. The first kappa shape index (κ1) is 20.0. The standard InChI is InChI=1S/C21H30N6O2/c1-2-3-19-22-13-16(14-23-19)15-26-6-4-17(5-7-26)18-12-20(28)25-21(24-18)27-8-10-29-11-9-27/h12-14,17H,2-11,15H2,1H3,(H,24,25,28). The molecule has 29 heavy (non-hydrogen) atoms. The first-order valence-electron chi connectivity index (χ1n) is 10.7. The molecule has 0 aliphatic carbocycles. The van der Waals surface area contributed by atoms with Crippen LogP contribution in [0.4, 0.5) is 5.95 Å². The van der Waals surface area contributed by atoms with E-state index in [1.54, 1.807) is 6.07 Å². The van der Waals surface area contributed by atoms with Crippen molar-refractivity contribution in [1.29, 1.82) is 0 Å². The molecule has 4 heterocycles. The number of aromatic nitrogens is 4. The average Bonchev–Trinajstić information content (AvgIpc) is 2.76. The van der Waals surface area contributed by atoms with Gasteiger partial charge in [0.05, 0.1) is 18.9 Å². The summed E-state index contributed by atoms with van der Waals surface area (Å²) < 4.78 is 5.40. The highest BCUT2D eigenvalue weighted by atomic mass is 16.5. The molecular weight excluding hydrogens is 368 g/mol. The maximum atomic E-state index is 12.2. The number of likely N-dealkylation sites (tertiary alicyclic amines) is 1. The maximum Gasteiger partial charge on any atom is 0.252 e. The van der Waals surface area contributed by atoms with Gasteiger partial charge in [-0.25, -0.2) is 15.0 Å². The van der Waals surface area contributed by atoms with E-state index in [0.717, 1.165) is 75.5 Å². The molecule has 0 bridgehead atoms. The lowest BCUT2D eigenvalue weighted by molar-refractivity contribution is 0.122. The third-order valence-electron chi connectivity index (χ3n) is 5.70. The number of ether oxygens (including phenoxy) is 1. The molecule has 0 unspecified atom stereocenters. The van der Waals surface area contributed by atoms with Crippen LogP contribution in [0.15, 0.2) is 23.3 Å². The van der Waals surface area contributed by atoms with Crippen LogP contribution in [0.25, 0.3) is 0 Å². The summed E-state index contributed by atoms with van der Waals surface area (Å²) >= 11 is 0. The normalized spacial score (nSPS) is 18.9. The van der Waals surface area contributed by atoms with Crippen molar-refractivity contribution in [1.82, 2.24) is 24.8 Å². The van der Waals surface area contributed by atoms with Gasteiger partial charge in [0.2, 0.25) is 5.95 Å². The van der Waals surface area contributed by atoms with Gasteiger partial charge in [0, 0.05) is 56.0 Å². The molecule has 2 aliphatic rings. The fourth-order valence-electron chi connectivity index (χ4n) is 4.06. The van der Waals surface area contributed by atoms with Crippen LogP contribution in [0.2, 0.25) is 0 Å². The van der Waals surface area contributed by atoms with Crippen molar-refractivity contribution < 1.29 is 4.74 Å². The van der Waals surface area contributed by atoms with Gasteiger partial charge in [-0.2, -0.15) is 0 Å². The predicted molar refractivity (Wildman–Crippen MR) is 111 cm³/mol. The van der Waals surface area contributed by atoms with Gasteiger partial charge in [-0.15, -0.1) is 0 Å². The molecule has 2 fully saturated rings. The van der Waals surface area contributed by atoms with Crippen molar-refractivity contribution in [3.63, 3.8) is 0 Å². The molecule has 156 valence electrons. The Morgan fingerprint density at radius 1 is 1.14 bits per heavy atom. The van der Waals surface area contributed by atoms with E-state index in [4.69, 9.17) is 9.72 Å². The Balaban J connectivity index is 1.35. The number of aromatic amines is 1. The third-order valence-corrected chi connectivity index (χ3v) is 5.70. The van der Waals surface area contributed by atoms with Crippen LogP contribution in [-0.2, 0) is 17.7 Å². The first-order chi connectivity index (χ1) is 14.2. The van der Waals surface area contributed by atoms with Gasteiger partial charge in [0.1, 0.15) is 5.82 Å². The van der Waals surface area contributed by atoms with Crippen LogP contribution in [0.5, 0.6) is 0 Å². The number of aryl methyl sites for hydroxylation is 1. The second-order valence-electron chi connectivity index (χ2n) is 7.90. The van der Waals surface area contributed by atoms with E-state index < -0.39 is 0 Å². The quantitative estimate of drug-likeness (QED) is 0.793. The third kappa shape index (κ3) is 5.19. The number of hydrogen-bond donors (Lipinski definition) is 1. The van der Waals surface area contributed by atoms with Crippen LogP contribution < -0.4 is 10.5 Å². The maximum absolute atomic E-state index is 12.2. The van der Waals surface area contributed by atoms with E-state index >= 15 is 0 Å². The SMILES string of the molecule is CCCc1ncc(CN2CCC(c3cc(=O)[nH]c(N4CCOCC4)n3)CC2)cn1. The molecule has 0 amide bonds. The Morgan fingerprint density at radius 3 is 2.55 bits per heavy atom. The summed E-state index contributed by atoms with van der Waals surface area (Å²) in [6, 6.07) is 1.67. The minimum Gasteiger partial charge on any atom is -0.378 e. The Kier molecular flexibility index (Phi) is 6.51. The number of anilines is 1. The number of piperidine rings is 1. The monoisotopic (exact) mass is 398 g/mol. The molecule has 2 aliphatic heterocycles. The smallest absolute Gasteiger partial charge is 0.252 e. The highest BCUT2D eigenvalue weighted by molar-refractivity contribution is 5.31. The van der Waals surface area contributed by atoms with Gasteiger partial charge in [-0.05, 0) is 32.4 Å². The van der Waals surface area contributed by atoms with Gasteiger partial charge in [0.15, 0.2) is 0 Å². The summed E-state index contributed by atoms with van der Waals surface area (Å²) in [4.78, 5) is 33.3. The van der Waals surface area contributed by atoms with E-state index in [9.17, 15) is 4.79 Å². The Labute approximate surface area is 171 Å². The molecule has 0 atom stereocenters. The summed E-state index contributed by atoms with van der Waals surface area (Å²) in [5.41, 5.74) is 2.01. The van der Waals surface area contributed by atoms with Crippen LogP contribution in [-0.4, -0.2) is 64.2 Å². The molecule has 0 saturated carbocycles. The summed E-state index contributed by atoms with van der Waals surface area (Å²) in [5, 5.41) is 0. The van der Waals surface area contributed by atoms with E-state index in [-0.39, 0.29) is 5.56 Å². The molecular formula is C21H30N6O2. The topological polar surface area (TPSA) is 87.2 Å². The van der Waals surface area contributed by atoms with Crippen LogP contribution >= 0.6 is 0 Å². The van der Waals surface area contributed by atoms with Gasteiger partial charge in [-0.1, -0.05) is 6.92 Å². The molecule has 2 aromatic rings. The van der Waals surface area contributed by atoms with Crippen molar-refractivity contribution in [2.24, 2.45) is 0 Å². The van der Waals surface area contributed by atoms with E-state index in [2.05, 4.69) is 31.7 Å². The average molecular weight is 399 g/mol. The van der Waals surface area contributed by atoms with Gasteiger partial charge in [-0.3, -0.25) is 14.7 Å². The zero-order chi connectivity index (χ0) is 20.1. The Morgan fingerprint density at radius 2 is 1.86 bits per heavy atom. The molecule has 2 saturated heterocycles. The molecule has 8 nitrogen and oxygen atoms in total. The zero-order valence-corrected chi connectivity index (χ0v) is 17.1. The fourth-order valence-corrected chi connectivity index (χ4v) is 4.06. The minimum atomic E-state index is -0.0664. The Hall–Kier alpha value is -2.32. The van der Waals surface area contributed by atoms with Crippen LogP contribution in [0.1, 0.15) is 49.2 Å². The number of hydrogen-bond acceptors (Lipinski definition) is 7. The highest BCUT2D eigenvalue weighted by Gasteiger charge is 2.24. The number of morpholine rings is 1. The molecule has 0 radical (unpaired) electrons. The van der Waals surface area contributed by atoms with Crippen molar-refractivity contribution in [2.75, 3.05) is 44.3 Å². The summed E-state index contributed by atoms with van der Waals surface area (Å²) in [6.45, 7) is 7.88. The summed E-state index contributed by atoms with van der Waals surface area (Å²) in [7, 11) is 0. The summed E-state index contributed by atoms with van der Waals surface area (Å²) in [6.07, 6.45) is 7.92. The van der Waals surface area contributed by atoms with Gasteiger partial charge in [0.25, 0.3) is 5.56 Å². The predicted octanol–water partition coefficient (Wildman–Crippen LogP) is 1.73. The van der Waals surface area contributed by atoms with E-state index in [0.29, 0.717) is 25.1 Å². The fraction of sp³-hybridized carbons (Fsp3) is 0.619.